The number of aliphatic hydroxyl groups is 1. The summed E-state index contributed by atoms with van der Waals surface area (Å²) in [5.41, 5.74) is 3.64. The summed E-state index contributed by atoms with van der Waals surface area (Å²) >= 11 is 4.77. The van der Waals surface area contributed by atoms with E-state index >= 15 is 0 Å². The van der Waals surface area contributed by atoms with E-state index in [1.165, 1.54) is 16.5 Å². The van der Waals surface area contributed by atoms with Gasteiger partial charge in [-0.15, -0.1) is 12.6 Å². The van der Waals surface area contributed by atoms with Gasteiger partial charge in [-0.05, 0) is 61.4 Å². The first kappa shape index (κ1) is 20.1. The average Bonchev–Trinajstić information content (AvgIpc) is 3.13. The second-order valence-electron chi connectivity index (χ2n) is 8.24. The summed E-state index contributed by atoms with van der Waals surface area (Å²) in [6, 6.07) is 21.2. The largest absolute Gasteiger partial charge is 0.393 e. The standard InChI is InChI=1S/C25H26N4OS/c30-20-11-9-19(10-12-20)27-25-26-14-13-23(28-25)29-22-8-4-7-18(21(22)16-24(29)31)15-17-5-2-1-3-6-17/h1-8,13-14,16,19-20,30-31H,9-12,15H2,(H,26,27,28). The van der Waals surface area contributed by atoms with E-state index in [9.17, 15) is 5.11 Å². The number of aliphatic hydroxyl groups excluding tert-OH is 1. The minimum atomic E-state index is -0.173. The van der Waals surface area contributed by atoms with Crippen LogP contribution in [0.15, 0.2) is 71.9 Å². The van der Waals surface area contributed by atoms with Crippen LogP contribution in [-0.4, -0.2) is 31.8 Å². The SMILES string of the molecule is OC1CCC(Nc2nccc(-n3c(S)cc4c(Cc5ccccc5)cccc43)n2)CC1. The van der Waals surface area contributed by atoms with Gasteiger partial charge in [-0.25, -0.2) is 4.98 Å². The predicted octanol–water partition coefficient (Wildman–Crippen LogP) is 5.02. The molecule has 2 heterocycles. The molecule has 158 valence electrons. The second kappa shape index (κ2) is 8.73. The Morgan fingerprint density at radius 3 is 2.61 bits per heavy atom. The zero-order valence-electron chi connectivity index (χ0n) is 17.3. The van der Waals surface area contributed by atoms with E-state index < -0.39 is 0 Å². The molecule has 1 fully saturated rings. The minimum Gasteiger partial charge on any atom is -0.393 e. The fourth-order valence-corrected chi connectivity index (χ4v) is 4.77. The quantitative estimate of drug-likeness (QED) is 0.389. The van der Waals surface area contributed by atoms with Crippen molar-refractivity contribution in [1.82, 2.24) is 14.5 Å². The molecule has 31 heavy (non-hydrogen) atoms. The molecule has 0 aliphatic heterocycles. The van der Waals surface area contributed by atoms with Gasteiger partial charge in [-0.1, -0.05) is 42.5 Å². The van der Waals surface area contributed by atoms with Crippen molar-refractivity contribution in [1.29, 1.82) is 0 Å². The normalized spacial score (nSPS) is 18.9. The maximum absolute atomic E-state index is 9.74. The Kier molecular flexibility index (Phi) is 5.66. The summed E-state index contributed by atoms with van der Waals surface area (Å²) in [6.45, 7) is 0. The van der Waals surface area contributed by atoms with Gasteiger partial charge in [0.2, 0.25) is 5.95 Å². The number of anilines is 1. The zero-order valence-corrected chi connectivity index (χ0v) is 18.2. The Morgan fingerprint density at radius 2 is 1.81 bits per heavy atom. The summed E-state index contributed by atoms with van der Waals surface area (Å²) < 4.78 is 2.07. The molecule has 1 aliphatic carbocycles. The molecule has 2 aromatic heterocycles. The smallest absolute Gasteiger partial charge is 0.224 e. The van der Waals surface area contributed by atoms with Crippen LogP contribution in [0.5, 0.6) is 0 Å². The molecule has 0 amide bonds. The van der Waals surface area contributed by atoms with E-state index in [0.717, 1.165) is 48.5 Å². The summed E-state index contributed by atoms with van der Waals surface area (Å²) in [4.78, 5) is 9.20. The monoisotopic (exact) mass is 430 g/mol. The Labute approximate surface area is 187 Å². The van der Waals surface area contributed by atoms with E-state index in [1.54, 1.807) is 6.20 Å². The van der Waals surface area contributed by atoms with E-state index in [-0.39, 0.29) is 6.10 Å². The van der Waals surface area contributed by atoms with Gasteiger partial charge >= 0.3 is 0 Å². The second-order valence-corrected chi connectivity index (χ2v) is 8.70. The van der Waals surface area contributed by atoms with Crippen LogP contribution in [0.2, 0.25) is 0 Å². The van der Waals surface area contributed by atoms with Gasteiger partial charge in [-0.3, -0.25) is 4.57 Å². The molecule has 0 unspecified atom stereocenters. The summed E-state index contributed by atoms with van der Waals surface area (Å²) in [7, 11) is 0. The minimum absolute atomic E-state index is 0.173. The fourth-order valence-electron chi connectivity index (χ4n) is 4.43. The van der Waals surface area contributed by atoms with Gasteiger partial charge in [-0.2, -0.15) is 4.98 Å². The van der Waals surface area contributed by atoms with Crippen LogP contribution < -0.4 is 5.32 Å². The molecule has 0 atom stereocenters. The van der Waals surface area contributed by atoms with Crippen LogP contribution in [0, 0.1) is 0 Å². The third kappa shape index (κ3) is 4.31. The van der Waals surface area contributed by atoms with Gasteiger partial charge < -0.3 is 10.4 Å². The van der Waals surface area contributed by atoms with Crippen molar-refractivity contribution in [3.63, 3.8) is 0 Å². The van der Waals surface area contributed by atoms with Crippen molar-refractivity contribution >= 4 is 29.5 Å². The number of aromatic nitrogens is 3. The molecule has 1 aliphatic rings. The molecule has 2 aromatic carbocycles. The molecular formula is C25H26N4OS. The third-order valence-corrected chi connectivity index (χ3v) is 6.38. The van der Waals surface area contributed by atoms with E-state index in [2.05, 4.69) is 63.4 Å². The highest BCUT2D eigenvalue weighted by Gasteiger charge is 2.20. The van der Waals surface area contributed by atoms with E-state index in [4.69, 9.17) is 17.6 Å². The van der Waals surface area contributed by atoms with Crippen molar-refractivity contribution in [3.05, 3.63) is 78.0 Å². The topological polar surface area (TPSA) is 63.0 Å². The van der Waals surface area contributed by atoms with Crippen molar-refractivity contribution in [2.75, 3.05) is 5.32 Å². The Morgan fingerprint density at radius 1 is 1.00 bits per heavy atom. The van der Waals surface area contributed by atoms with Crippen LogP contribution in [-0.2, 0) is 6.42 Å². The molecule has 5 rings (SSSR count). The van der Waals surface area contributed by atoms with Gasteiger partial charge in [0.05, 0.1) is 16.6 Å². The molecule has 0 saturated heterocycles. The Bertz CT molecular complexity index is 1180. The number of hydrogen-bond donors (Lipinski definition) is 3. The lowest BCUT2D eigenvalue weighted by molar-refractivity contribution is 0.126. The van der Waals surface area contributed by atoms with Crippen molar-refractivity contribution in [2.45, 2.75) is 49.3 Å². The molecule has 6 heteroatoms. The van der Waals surface area contributed by atoms with Crippen LogP contribution in [0.25, 0.3) is 16.7 Å². The first-order valence-electron chi connectivity index (χ1n) is 10.8. The maximum atomic E-state index is 9.74. The van der Waals surface area contributed by atoms with Crippen molar-refractivity contribution < 1.29 is 5.11 Å². The van der Waals surface area contributed by atoms with Gasteiger partial charge in [0, 0.05) is 17.6 Å². The molecule has 1 saturated carbocycles. The fraction of sp³-hybridized carbons (Fsp3) is 0.280. The zero-order chi connectivity index (χ0) is 21.2. The lowest BCUT2D eigenvalue weighted by Gasteiger charge is -2.26. The molecule has 2 N–H and O–H groups in total. The van der Waals surface area contributed by atoms with Crippen LogP contribution in [0.4, 0.5) is 5.95 Å². The summed E-state index contributed by atoms with van der Waals surface area (Å²) in [5.74, 6) is 1.42. The van der Waals surface area contributed by atoms with E-state index in [0.29, 0.717) is 12.0 Å². The first-order chi connectivity index (χ1) is 15.2. The lowest BCUT2D eigenvalue weighted by Crippen LogP contribution is -2.29. The molecule has 0 radical (unpaired) electrons. The lowest BCUT2D eigenvalue weighted by atomic mass is 9.93. The van der Waals surface area contributed by atoms with Gasteiger partial charge in [0.25, 0.3) is 0 Å². The summed E-state index contributed by atoms with van der Waals surface area (Å²) in [6.07, 6.45) is 6.00. The number of fused-ring (bicyclic) bond motifs is 1. The third-order valence-electron chi connectivity index (χ3n) is 6.05. The number of nitrogens with zero attached hydrogens (tertiary/aromatic N) is 3. The highest BCUT2D eigenvalue weighted by atomic mass is 32.1. The molecule has 5 nitrogen and oxygen atoms in total. The van der Waals surface area contributed by atoms with Gasteiger partial charge in [0.1, 0.15) is 5.82 Å². The predicted molar refractivity (Wildman–Crippen MR) is 127 cm³/mol. The Balaban J connectivity index is 1.46. The Hall–Kier alpha value is -2.83. The number of nitrogens with one attached hydrogen (secondary N) is 1. The average molecular weight is 431 g/mol. The van der Waals surface area contributed by atoms with E-state index in [1.807, 2.05) is 12.1 Å². The molecule has 0 bridgehead atoms. The van der Waals surface area contributed by atoms with Gasteiger partial charge in [0.15, 0.2) is 0 Å². The summed E-state index contributed by atoms with van der Waals surface area (Å²) in [5, 5.41) is 15.2. The van der Waals surface area contributed by atoms with Crippen LogP contribution >= 0.6 is 12.6 Å². The van der Waals surface area contributed by atoms with Crippen molar-refractivity contribution in [3.8, 4) is 5.82 Å². The number of rotatable bonds is 5. The first-order valence-corrected chi connectivity index (χ1v) is 11.3. The number of benzene rings is 2. The molecule has 0 spiro atoms. The maximum Gasteiger partial charge on any atom is 0.224 e. The van der Waals surface area contributed by atoms with Crippen molar-refractivity contribution in [2.24, 2.45) is 0 Å². The number of thiol groups is 1. The van der Waals surface area contributed by atoms with Crippen LogP contribution in [0.1, 0.15) is 36.8 Å². The number of hydrogen-bond acceptors (Lipinski definition) is 5. The highest BCUT2D eigenvalue weighted by Crippen LogP contribution is 2.30. The molecule has 4 aromatic rings. The highest BCUT2D eigenvalue weighted by molar-refractivity contribution is 7.80. The molecular weight excluding hydrogens is 404 g/mol. The van der Waals surface area contributed by atoms with Crippen LogP contribution in [0.3, 0.4) is 0 Å².